The second-order valence-corrected chi connectivity index (χ2v) is 7.59. The highest BCUT2D eigenvalue weighted by Crippen LogP contribution is 2.29. The maximum atomic E-state index is 12.4. The van der Waals surface area contributed by atoms with Gasteiger partial charge >= 0.3 is 5.97 Å². The highest BCUT2D eigenvalue weighted by Gasteiger charge is 2.22. The molecule has 1 atom stereocenters. The Kier molecular flexibility index (Phi) is 6.62. The van der Waals surface area contributed by atoms with Crippen LogP contribution in [0.2, 0.25) is 0 Å². The van der Waals surface area contributed by atoms with Crippen molar-refractivity contribution in [2.45, 2.75) is 31.9 Å². The minimum Gasteiger partial charge on any atom is -0.489 e. The molecule has 0 heterocycles. The van der Waals surface area contributed by atoms with E-state index in [2.05, 4.69) is 11.4 Å². The summed E-state index contributed by atoms with van der Waals surface area (Å²) in [6, 6.07) is 24.7. The molecular formula is C26H25NO4. The van der Waals surface area contributed by atoms with Crippen LogP contribution in [0.15, 0.2) is 78.9 Å². The van der Waals surface area contributed by atoms with Crippen molar-refractivity contribution in [3.63, 3.8) is 0 Å². The number of ether oxygens (including phenoxy) is 2. The molecule has 0 saturated carbocycles. The molecule has 1 amide bonds. The van der Waals surface area contributed by atoms with Gasteiger partial charge in [0.05, 0.1) is 11.6 Å². The number of rotatable bonds is 7. The lowest BCUT2D eigenvalue weighted by Gasteiger charge is -2.26. The zero-order chi connectivity index (χ0) is 21.5. The molecule has 3 aromatic carbocycles. The summed E-state index contributed by atoms with van der Waals surface area (Å²) in [4.78, 5) is 24.8. The van der Waals surface area contributed by atoms with Crippen LogP contribution in [0.5, 0.6) is 5.75 Å². The van der Waals surface area contributed by atoms with Crippen LogP contribution in [0, 0.1) is 0 Å². The first-order chi connectivity index (χ1) is 15.2. The monoisotopic (exact) mass is 415 g/mol. The van der Waals surface area contributed by atoms with E-state index < -0.39 is 5.97 Å². The quantitative estimate of drug-likeness (QED) is 0.572. The molecule has 0 bridgehead atoms. The van der Waals surface area contributed by atoms with Gasteiger partial charge < -0.3 is 14.8 Å². The third kappa shape index (κ3) is 5.51. The Hall–Kier alpha value is -3.60. The summed E-state index contributed by atoms with van der Waals surface area (Å²) < 4.78 is 11.0. The maximum absolute atomic E-state index is 12.4. The Morgan fingerprint density at radius 1 is 0.935 bits per heavy atom. The lowest BCUT2D eigenvalue weighted by atomic mass is 9.88. The third-order valence-corrected chi connectivity index (χ3v) is 5.36. The van der Waals surface area contributed by atoms with Gasteiger partial charge in [0.1, 0.15) is 12.4 Å². The summed E-state index contributed by atoms with van der Waals surface area (Å²) >= 11 is 0. The van der Waals surface area contributed by atoms with Gasteiger partial charge in [-0.25, -0.2) is 4.79 Å². The number of fused-ring (bicyclic) bond motifs is 1. The molecule has 1 aliphatic rings. The van der Waals surface area contributed by atoms with E-state index in [0.29, 0.717) is 17.9 Å². The molecule has 1 N–H and O–H groups in total. The van der Waals surface area contributed by atoms with Gasteiger partial charge in [0.25, 0.3) is 5.91 Å². The summed E-state index contributed by atoms with van der Waals surface area (Å²) in [5.74, 6) is -0.280. The summed E-state index contributed by atoms with van der Waals surface area (Å²) in [6.07, 6.45) is 2.94. The van der Waals surface area contributed by atoms with Gasteiger partial charge in [0, 0.05) is 0 Å². The molecule has 0 unspecified atom stereocenters. The normalized spacial score (nSPS) is 14.9. The smallest absolute Gasteiger partial charge is 0.338 e. The Morgan fingerprint density at radius 3 is 2.61 bits per heavy atom. The SMILES string of the molecule is O=C(COC(=O)c1cccc(OCc2ccccc2)c1)N[C@@H]1CCCc2ccccc21. The van der Waals surface area contributed by atoms with Crippen LogP contribution in [0.25, 0.3) is 0 Å². The topological polar surface area (TPSA) is 64.6 Å². The number of hydrogen-bond donors (Lipinski definition) is 1. The van der Waals surface area contributed by atoms with Crippen molar-refractivity contribution in [1.82, 2.24) is 5.32 Å². The zero-order valence-corrected chi connectivity index (χ0v) is 17.3. The van der Waals surface area contributed by atoms with E-state index in [9.17, 15) is 9.59 Å². The lowest BCUT2D eigenvalue weighted by molar-refractivity contribution is -0.125. The van der Waals surface area contributed by atoms with Crippen molar-refractivity contribution in [2.75, 3.05) is 6.61 Å². The summed E-state index contributed by atoms with van der Waals surface area (Å²) in [7, 11) is 0. The van der Waals surface area contributed by atoms with Crippen molar-refractivity contribution in [3.8, 4) is 5.75 Å². The molecule has 158 valence electrons. The van der Waals surface area contributed by atoms with Crippen molar-refractivity contribution >= 4 is 11.9 Å². The molecule has 0 fully saturated rings. The van der Waals surface area contributed by atoms with Gasteiger partial charge in [-0.1, -0.05) is 60.7 Å². The molecule has 5 heteroatoms. The molecular weight excluding hydrogens is 390 g/mol. The molecule has 1 aliphatic carbocycles. The first-order valence-electron chi connectivity index (χ1n) is 10.5. The van der Waals surface area contributed by atoms with Gasteiger partial charge in [-0.2, -0.15) is 0 Å². The molecule has 0 aromatic heterocycles. The molecule has 0 aliphatic heterocycles. The van der Waals surface area contributed by atoms with Crippen LogP contribution in [-0.2, 0) is 22.6 Å². The summed E-state index contributed by atoms with van der Waals surface area (Å²) in [6.45, 7) is 0.0945. The highest BCUT2D eigenvalue weighted by atomic mass is 16.5. The average Bonchev–Trinajstić information content (AvgIpc) is 2.82. The average molecular weight is 415 g/mol. The Balaban J connectivity index is 1.29. The van der Waals surface area contributed by atoms with Gasteiger partial charge in [-0.05, 0) is 54.2 Å². The lowest BCUT2D eigenvalue weighted by Crippen LogP contribution is -2.34. The second kappa shape index (κ2) is 9.94. The first-order valence-corrected chi connectivity index (χ1v) is 10.5. The number of amides is 1. The molecule has 4 rings (SSSR count). The van der Waals surface area contributed by atoms with Gasteiger partial charge in [0.15, 0.2) is 6.61 Å². The number of benzene rings is 3. The van der Waals surface area contributed by atoms with E-state index in [1.54, 1.807) is 24.3 Å². The standard InChI is InChI=1S/C26H25NO4/c28-25(27-24-15-7-11-20-10-4-5-14-23(20)24)18-31-26(29)21-12-6-13-22(16-21)30-17-19-8-2-1-3-9-19/h1-6,8-10,12-14,16,24H,7,11,15,17-18H2,(H,27,28)/t24-/m1/s1. The van der Waals surface area contributed by atoms with Crippen molar-refractivity contribution in [2.24, 2.45) is 0 Å². The van der Waals surface area contributed by atoms with E-state index in [0.717, 1.165) is 30.4 Å². The van der Waals surface area contributed by atoms with Gasteiger partial charge in [-0.3, -0.25) is 4.79 Å². The zero-order valence-electron chi connectivity index (χ0n) is 17.3. The summed E-state index contributed by atoms with van der Waals surface area (Å²) in [5, 5.41) is 2.99. The minimum atomic E-state index is -0.552. The fourth-order valence-electron chi connectivity index (χ4n) is 3.81. The van der Waals surface area contributed by atoms with E-state index in [1.807, 2.05) is 48.5 Å². The van der Waals surface area contributed by atoms with Crippen molar-refractivity contribution < 1.29 is 19.1 Å². The summed E-state index contributed by atoms with van der Waals surface area (Å²) in [5.41, 5.74) is 3.80. The Labute approximate surface area is 182 Å². The largest absolute Gasteiger partial charge is 0.489 e. The van der Waals surface area contributed by atoms with E-state index >= 15 is 0 Å². The van der Waals surface area contributed by atoms with Gasteiger partial charge in [-0.15, -0.1) is 0 Å². The number of nitrogens with one attached hydrogen (secondary N) is 1. The van der Waals surface area contributed by atoms with Crippen LogP contribution >= 0.6 is 0 Å². The Bertz CT molecular complexity index is 1050. The molecule has 3 aromatic rings. The van der Waals surface area contributed by atoms with Crippen molar-refractivity contribution in [3.05, 3.63) is 101 Å². The number of hydrogen-bond acceptors (Lipinski definition) is 4. The van der Waals surface area contributed by atoms with Gasteiger partial charge in [0.2, 0.25) is 0 Å². The number of carbonyl (C=O) groups is 2. The molecule has 0 saturated heterocycles. The van der Waals surface area contributed by atoms with Crippen LogP contribution in [0.4, 0.5) is 0 Å². The first kappa shape index (κ1) is 20.7. The highest BCUT2D eigenvalue weighted by molar-refractivity contribution is 5.91. The number of carbonyl (C=O) groups excluding carboxylic acids is 2. The Morgan fingerprint density at radius 2 is 1.74 bits per heavy atom. The van der Waals surface area contributed by atoms with E-state index in [1.165, 1.54) is 5.56 Å². The molecule has 31 heavy (non-hydrogen) atoms. The van der Waals surface area contributed by atoms with E-state index in [4.69, 9.17) is 9.47 Å². The van der Waals surface area contributed by atoms with Crippen LogP contribution in [-0.4, -0.2) is 18.5 Å². The number of esters is 1. The molecule has 0 radical (unpaired) electrons. The maximum Gasteiger partial charge on any atom is 0.338 e. The predicted octanol–water partition coefficient (Wildman–Crippen LogP) is 4.62. The van der Waals surface area contributed by atoms with Crippen LogP contribution in [0.3, 0.4) is 0 Å². The fourth-order valence-corrected chi connectivity index (χ4v) is 3.81. The fraction of sp³-hybridized carbons (Fsp3) is 0.231. The predicted molar refractivity (Wildman–Crippen MR) is 118 cm³/mol. The van der Waals surface area contributed by atoms with Crippen LogP contribution in [0.1, 0.15) is 45.9 Å². The third-order valence-electron chi connectivity index (χ3n) is 5.36. The molecule has 0 spiro atoms. The van der Waals surface area contributed by atoms with Crippen molar-refractivity contribution in [1.29, 1.82) is 0 Å². The van der Waals surface area contributed by atoms with E-state index in [-0.39, 0.29) is 18.6 Å². The second-order valence-electron chi connectivity index (χ2n) is 7.59. The minimum absolute atomic E-state index is 0.0362. The molecule has 5 nitrogen and oxygen atoms in total. The number of aryl methyl sites for hydroxylation is 1. The van der Waals surface area contributed by atoms with Crippen LogP contribution < -0.4 is 10.1 Å².